The summed E-state index contributed by atoms with van der Waals surface area (Å²) in [7, 11) is 0. The Hall–Kier alpha value is -2.07. The van der Waals surface area contributed by atoms with Crippen LogP contribution in [0.3, 0.4) is 0 Å². The van der Waals surface area contributed by atoms with Gasteiger partial charge in [-0.3, -0.25) is 4.79 Å². The maximum absolute atomic E-state index is 12.0. The minimum Gasteiger partial charge on any atom is -0.382 e. The molecule has 1 atom stereocenters. The largest absolute Gasteiger partial charge is 0.382 e. The second-order valence-electron chi connectivity index (χ2n) is 4.90. The predicted molar refractivity (Wildman–Crippen MR) is 78.9 cm³/mol. The summed E-state index contributed by atoms with van der Waals surface area (Å²) >= 11 is 5.86. The number of halogens is 1. The molecular formula is C15H14ClN3O. The molecule has 102 valence electrons. The van der Waals surface area contributed by atoms with Gasteiger partial charge in [-0.2, -0.15) is 0 Å². The Morgan fingerprint density at radius 1 is 1.45 bits per heavy atom. The highest BCUT2D eigenvalue weighted by atomic mass is 35.5. The molecule has 0 saturated heterocycles. The maximum Gasteiger partial charge on any atom is 0.252 e. The Morgan fingerprint density at radius 2 is 2.25 bits per heavy atom. The van der Waals surface area contributed by atoms with E-state index in [-0.39, 0.29) is 11.7 Å². The summed E-state index contributed by atoms with van der Waals surface area (Å²) in [6.45, 7) is 0.623. The Morgan fingerprint density at radius 3 is 3.00 bits per heavy atom. The Kier molecular flexibility index (Phi) is 3.32. The number of pyridine rings is 1. The zero-order valence-electron chi connectivity index (χ0n) is 10.8. The number of carbonyl (C=O) groups excluding carboxylic acids is 1. The number of hydrogen-bond acceptors (Lipinski definition) is 3. The molecule has 5 heteroatoms. The Labute approximate surface area is 122 Å². The number of nitrogens with two attached hydrogens (primary N) is 1. The molecular weight excluding hydrogens is 274 g/mol. The number of nitrogens with zero attached hydrogens (tertiary/aromatic N) is 1. The molecule has 0 aliphatic heterocycles. The molecule has 1 aromatic carbocycles. The van der Waals surface area contributed by atoms with Gasteiger partial charge in [0.2, 0.25) is 0 Å². The molecule has 0 saturated carbocycles. The van der Waals surface area contributed by atoms with Crippen LogP contribution in [0.5, 0.6) is 0 Å². The average molecular weight is 288 g/mol. The number of aromatic nitrogens is 1. The van der Waals surface area contributed by atoms with Crippen molar-refractivity contribution in [2.75, 3.05) is 12.3 Å². The lowest BCUT2D eigenvalue weighted by Crippen LogP contribution is -2.33. The number of rotatable bonds is 3. The molecule has 2 aromatic rings. The fourth-order valence-electron chi connectivity index (χ4n) is 2.44. The molecule has 1 amide bonds. The van der Waals surface area contributed by atoms with Crippen LogP contribution in [0.4, 0.5) is 5.82 Å². The lowest BCUT2D eigenvalue weighted by molar-refractivity contribution is 0.0949. The summed E-state index contributed by atoms with van der Waals surface area (Å²) in [5, 5.41) is 3.21. The molecule has 1 aromatic heterocycles. The van der Waals surface area contributed by atoms with Gasteiger partial charge in [-0.25, -0.2) is 4.98 Å². The normalized spacial score (nSPS) is 16.1. The summed E-state index contributed by atoms with van der Waals surface area (Å²) in [5.74, 6) is 0.451. The minimum absolute atomic E-state index is 0.177. The van der Waals surface area contributed by atoms with Crippen LogP contribution in [-0.2, 0) is 6.42 Å². The monoisotopic (exact) mass is 287 g/mol. The molecule has 0 bridgehead atoms. The van der Waals surface area contributed by atoms with Crippen molar-refractivity contribution in [3.63, 3.8) is 0 Å². The second kappa shape index (κ2) is 5.13. The van der Waals surface area contributed by atoms with Crippen molar-refractivity contribution in [1.82, 2.24) is 10.3 Å². The van der Waals surface area contributed by atoms with Crippen molar-refractivity contribution < 1.29 is 4.79 Å². The number of hydrogen-bond donors (Lipinski definition) is 2. The number of nitrogen functional groups attached to an aromatic ring is 1. The smallest absolute Gasteiger partial charge is 0.252 e. The number of nitrogens with one attached hydrogen (secondary N) is 1. The highest BCUT2D eigenvalue weighted by Crippen LogP contribution is 2.34. The Balaban J connectivity index is 1.62. The van der Waals surface area contributed by atoms with Gasteiger partial charge in [0.25, 0.3) is 5.91 Å². The molecule has 20 heavy (non-hydrogen) atoms. The summed E-state index contributed by atoms with van der Waals surface area (Å²) in [4.78, 5) is 15.9. The van der Waals surface area contributed by atoms with Gasteiger partial charge in [0.1, 0.15) is 5.82 Å². The van der Waals surface area contributed by atoms with Crippen molar-refractivity contribution in [1.29, 1.82) is 0 Å². The van der Waals surface area contributed by atoms with Crippen molar-refractivity contribution in [3.8, 4) is 0 Å². The zero-order valence-corrected chi connectivity index (χ0v) is 11.5. The summed E-state index contributed by atoms with van der Waals surface area (Å²) < 4.78 is 0. The zero-order chi connectivity index (χ0) is 14.1. The van der Waals surface area contributed by atoms with E-state index in [2.05, 4.69) is 22.4 Å². The second-order valence-corrected chi connectivity index (χ2v) is 5.31. The van der Waals surface area contributed by atoms with Crippen LogP contribution >= 0.6 is 11.6 Å². The molecule has 1 heterocycles. The van der Waals surface area contributed by atoms with E-state index >= 15 is 0 Å². The van der Waals surface area contributed by atoms with E-state index in [9.17, 15) is 4.79 Å². The van der Waals surface area contributed by atoms with Gasteiger partial charge in [-0.15, -0.1) is 0 Å². The first kappa shape index (κ1) is 12.9. The van der Waals surface area contributed by atoms with E-state index in [4.69, 9.17) is 17.3 Å². The fourth-order valence-corrected chi connectivity index (χ4v) is 2.60. The van der Waals surface area contributed by atoms with E-state index in [0.29, 0.717) is 23.0 Å². The molecule has 1 aliphatic rings. The van der Waals surface area contributed by atoms with Gasteiger partial charge >= 0.3 is 0 Å². The van der Waals surface area contributed by atoms with Crippen molar-refractivity contribution in [3.05, 3.63) is 58.2 Å². The molecule has 1 unspecified atom stereocenters. The highest BCUT2D eigenvalue weighted by molar-refractivity contribution is 6.33. The van der Waals surface area contributed by atoms with E-state index in [1.54, 1.807) is 0 Å². The van der Waals surface area contributed by atoms with Crippen molar-refractivity contribution in [2.24, 2.45) is 0 Å². The van der Waals surface area contributed by atoms with Crippen LogP contribution in [0, 0.1) is 0 Å². The number of anilines is 1. The number of fused-ring (bicyclic) bond motifs is 1. The molecule has 1 aliphatic carbocycles. The first-order valence-electron chi connectivity index (χ1n) is 6.42. The minimum atomic E-state index is -0.177. The number of amides is 1. The van der Waals surface area contributed by atoms with Gasteiger partial charge in [0.05, 0.1) is 10.6 Å². The van der Waals surface area contributed by atoms with Gasteiger partial charge < -0.3 is 11.1 Å². The lowest BCUT2D eigenvalue weighted by atomic mass is 9.77. The van der Waals surface area contributed by atoms with Crippen LogP contribution in [-0.4, -0.2) is 17.4 Å². The van der Waals surface area contributed by atoms with E-state index in [1.165, 1.54) is 23.4 Å². The lowest BCUT2D eigenvalue weighted by Gasteiger charge is -2.30. The van der Waals surface area contributed by atoms with E-state index in [0.717, 1.165) is 6.42 Å². The topological polar surface area (TPSA) is 68.0 Å². The standard InChI is InChI=1S/C15H14ClN3O/c16-13-6-11(8-18-14(13)17)15(20)19-7-10-5-9-3-1-2-4-12(9)10/h1-4,6,8,10H,5,7H2,(H2,17,18)(H,19,20). The Bertz CT molecular complexity index is 672. The van der Waals surface area contributed by atoms with Gasteiger partial charge in [-0.1, -0.05) is 35.9 Å². The van der Waals surface area contributed by atoms with E-state index < -0.39 is 0 Å². The molecule has 0 spiro atoms. The SMILES string of the molecule is Nc1ncc(C(=O)NCC2Cc3ccccc32)cc1Cl. The van der Waals surface area contributed by atoms with Crippen LogP contribution in [0.25, 0.3) is 0 Å². The highest BCUT2D eigenvalue weighted by Gasteiger charge is 2.25. The van der Waals surface area contributed by atoms with Crippen LogP contribution < -0.4 is 11.1 Å². The third-order valence-electron chi connectivity index (χ3n) is 3.60. The van der Waals surface area contributed by atoms with Gasteiger partial charge in [0.15, 0.2) is 0 Å². The van der Waals surface area contributed by atoms with Crippen LogP contribution in [0.15, 0.2) is 36.5 Å². The third kappa shape index (κ3) is 2.34. The van der Waals surface area contributed by atoms with E-state index in [1.807, 2.05) is 12.1 Å². The molecule has 0 radical (unpaired) electrons. The molecule has 3 rings (SSSR count). The number of carbonyl (C=O) groups is 1. The molecule has 4 nitrogen and oxygen atoms in total. The van der Waals surface area contributed by atoms with Crippen molar-refractivity contribution in [2.45, 2.75) is 12.3 Å². The number of benzene rings is 1. The predicted octanol–water partition coefficient (Wildman–Crippen LogP) is 2.39. The van der Waals surface area contributed by atoms with Crippen LogP contribution in [0.2, 0.25) is 5.02 Å². The first-order chi connectivity index (χ1) is 9.65. The molecule has 3 N–H and O–H groups in total. The maximum atomic E-state index is 12.0. The van der Waals surface area contributed by atoms with Gasteiger partial charge in [-0.05, 0) is 23.6 Å². The quantitative estimate of drug-likeness (QED) is 0.911. The summed E-state index contributed by atoms with van der Waals surface area (Å²) in [6.07, 6.45) is 2.45. The van der Waals surface area contributed by atoms with Gasteiger partial charge in [0, 0.05) is 18.7 Å². The fraction of sp³-hybridized carbons (Fsp3) is 0.200. The first-order valence-corrected chi connectivity index (χ1v) is 6.80. The molecule has 0 fully saturated rings. The summed E-state index contributed by atoms with van der Waals surface area (Å²) in [6, 6.07) is 9.83. The van der Waals surface area contributed by atoms with Crippen LogP contribution in [0.1, 0.15) is 27.4 Å². The summed E-state index contributed by atoms with van der Waals surface area (Å²) in [5.41, 5.74) is 8.63. The average Bonchev–Trinajstić information content (AvgIpc) is 2.42. The third-order valence-corrected chi connectivity index (χ3v) is 3.90. The van der Waals surface area contributed by atoms with Crippen molar-refractivity contribution >= 4 is 23.3 Å².